The van der Waals surface area contributed by atoms with Gasteiger partial charge in [0.25, 0.3) is 0 Å². The summed E-state index contributed by atoms with van der Waals surface area (Å²) in [5, 5.41) is 11.7. The Morgan fingerprint density at radius 3 is 2.71 bits per heavy atom. The summed E-state index contributed by atoms with van der Waals surface area (Å²) in [6, 6.07) is 16.7. The molecule has 1 atom stereocenters. The molecule has 5 rings (SSSR count). The van der Waals surface area contributed by atoms with Gasteiger partial charge in [-0.1, -0.05) is 47.7 Å². The van der Waals surface area contributed by atoms with E-state index in [1.165, 1.54) is 17.7 Å². The monoisotopic (exact) mass is 464 g/mol. The van der Waals surface area contributed by atoms with Gasteiger partial charge in [-0.15, -0.1) is 5.10 Å². The van der Waals surface area contributed by atoms with E-state index in [-0.39, 0.29) is 18.0 Å². The highest BCUT2D eigenvalue weighted by atomic mass is 19.1. The first-order valence-electron chi connectivity index (χ1n) is 11.7. The van der Waals surface area contributed by atoms with E-state index in [2.05, 4.69) is 32.7 Å². The van der Waals surface area contributed by atoms with Crippen LogP contribution in [0.4, 0.5) is 9.18 Å². The molecule has 2 aliphatic rings. The van der Waals surface area contributed by atoms with E-state index in [0.29, 0.717) is 39.3 Å². The van der Waals surface area contributed by atoms with Gasteiger partial charge in [0.15, 0.2) is 0 Å². The van der Waals surface area contributed by atoms with Gasteiger partial charge in [0, 0.05) is 39.3 Å². The lowest BCUT2D eigenvalue weighted by molar-refractivity contribution is -0.00234. The van der Waals surface area contributed by atoms with Crippen molar-refractivity contribution in [2.24, 2.45) is 0 Å². The smallest absolute Gasteiger partial charge is 0.317 e. The van der Waals surface area contributed by atoms with Crippen LogP contribution in [0.15, 0.2) is 54.6 Å². The number of ether oxygens (including phenoxy) is 1. The van der Waals surface area contributed by atoms with Crippen molar-refractivity contribution in [3.63, 3.8) is 0 Å². The van der Waals surface area contributed by atoms with Crippen LogP contribution in [-0.2, 0) is 30.9 Å². The number of rotatable bonds is 6. The number of hydrogen-bond acceptors (Lipinski definition) is 5. The summed E-state index contributed by atoms with van der Waals surface area (Å²) in [6.07, 6.45) is 0.592. The highest BCUT2D eigenvalue weighted by Crippen LogP contribution is 2.27. The van der Waals surface area contributed by atoms with E-state index in [9.17, 15) is 9.18 Å². The summed E-state index contributed by atoms with van der Waals surface area (Å²) in [6.45, 7) is 5.14. The van der Waals surface area contributed by atoms with Gasteiger partial charge in [-0.3, -0.25) is 4.90 Å². The molecule has 1 N–H and O–H groups in total. The van der Waals surface area contributed by atoms with Gasteiger partial charge < -0.3 is 15.0 Å². The van der Waals surface area contributed by atoms with Crippen molar-refractivity contribution in [1.82, 2.24) is 30.1 Å². The maximum absolute atomic E-state index is 13.6. The van der Waals surface area contributed by atoms with Gasteiger partial charge in [-0.25, -0.2) is 13.9 Å². The molecule has 3 aromatic rings. The van der Waals surface area contributed by atoms with Crippen LogP contribution in [0.5, 0.6) is 0 Å². The first-order chi connectivity index (χ1) is 16.7. The predicted molar refractivity (Wildman–Crippen MR) is 124 cm³/mol. The number of nitrogens with zero attached hydrogens (tertiary/aromatic N) is 5. The molecule has 0 saturated carbocycles. The minimum Gasteiger partial charge on any atom is -0.365 e. The van der Waals surface area contributed by atoms with Gasteiger partial charge in [0.05, 0.1) is 18.8 Å². The van der Waals surface area contributed by atoms with Gasteiger partial charge >= 0.3 is 6.03 Å². The molecule has 34 heavy (non-hydrogen) atoms. The molecule has 0 radical (unpaired) electrons. The summed E-state index contributed by atoms with van der Waals surface area (Å²) in [4.78, 5) is 16.7. The number of hydrogen-bond donors (Lipinski definition) is 1. The van der Waals surface area contributed by atoms with E-state index in [0.717, 1.165) is 36.5 Å². The number of aromatic nitrogens is 3. The van der Waals surface area contributed by atoms with Gasteiger partial charge in [0.1, 0.15) is 17.6 Å². The zero-order valence-electron chi connectivity index (χ0n) is 19.1. The molecule has 1 saturated heterocycles. The molecule has 0 spiro atoms. The summed E-state index contributed by atoms with van der Waals surface area (Å²) in [7, 11) is 0. The van der Waals surface area contributed by atoms with Crippen molar-refractivity contribution in [3.05, 3.63) is 82.9 Å². The Labute approximate surface area is 198 Å². The first-order valence-corrected chi connectivity index (χ1v) is 11.7. The highest BCUT2D eigenvalue weighted by molar-refractivity contribution is 5.74. The third kappa shape index (κ3) is 5.26. The second-order valence-corrected chi connectivity index (χ2v) is 8.75. The normalized spacial score (nSPS) is 18.5. The average Bonchev–Trinajstić information content (AvgIpc) is 3.27. The van der Waals surface area contributed by atoms with Crippen molar-refractivity contribution in [1.29, 1.82) is 0 Å². The van der Waals surface area contributed by atoms with Crippen molar-refractivity contribution >= 4 is 6.03 Å². The third-order valence-electron chi connectivity index (χ3n) is 6.46. The van der Waals surface area contributed by atoms with E-state index in [4.69, 9.17) is 4.74 Å². The molecule has 2 aromatic carbocycles. The molecular formula is C25H29FN6O2. The maximum Gasteiger partial charge on any atom is 0.317 e. The SMILES string of the molecule is O=C(NCCc1ccccc1)N1CCN(Cc2nnn3c2CO[C@H](c2cccc(F)c2)C3)CC1. The Morgan fingerprint density at radius 1 is 1.09 bits per heavy atom. The van der Waals surface area contributed by atoms with E-state index in [1.54, 1.807) is 6.07 Å². The van der Waals surface area contributed by atoms with E-state index in [1.807, 2.05) is 33.8 Å². The van der Waals surface area contributed by atoms with Crippen LogP contribution in [0.3, 0.4) is 0 Å². The summed E-state index contributed by atoms with van der Waals surface area (Å²) in [5.41, 5.74) is 3.89. The molecule has 2 amide bonds. The van der Waals surface area contributed by atoms with Crippen LogP contribution in [0, 0.1) is 5.82 Å². The summed E-state index contributed by atoms with van der Waals surface area (Å²) in [5.74, 6) is -0.268. The molecule has 3 heterocycles. The minimum atomic E-state index is -0.268. The largest absolute Gasteiger partial charge is 0.365 e. The third-order valence-corrected chi connectivity index (χ3v) is 6.46. The quantitative estimate of drug-likeness (QED) is 0.607. The van der Waals surface area contributed by atoms with Crippen LogP contribution >= 0.6 is 0 Å². The Bertz CT molecular complexity index is 1110. The van der Waals surface area contributed by atoms with Gasteiger partial charge in [-0.05, 0) is 29.7 Å². The number of amides is 2. The Balaban J connectivity index is 1.09. The number of fused-ring (bicyclic) bond motifs is 1. The molecule has 8 nitrogen and oxygen atoms in total. The van der Waals surface area contributed by atoms with Gasteiger partial charge in [-0.2, -0.15) is 0 Å². The van der Waals surface area contributed by atoms with Crippen molar-refractivity contribution in [3.8, 4) is 0 Å². The standard InChI is InChI=1S/C25H29FN6O2/c26-21-8-4-7-20(15-21)24-17-32-23(18-34-24)22(28-29-32)16-30-11-13-31(14-12-30)25(33)27-10-9-19-5-2-1-3-6-19/h1-8,15,24H,9-14,16-18H2,(H,27,33)/t24-/m0/s1. The first kappa shape index (κ1) is 22.5. The molecule has 1 aromatic heterocycles. The molecule has 178 valence electrons. The van der Waals surface area contributed by atoms with Crippen LogP contribution < -0.4 is 5.32 Å². The zero-order valence-corrected chi connectivity index (χ0v) is 19.1. The molecule has 0 aliphatic carbocycles. The average molecular weight is 465 g/mol. The van der Waals surface area contributed by atoms with Crippen molar-refractivity contribution in [2.45, 2.75) is 32.2 Å². The topological polar surface area (TPSA) is 75.5 Å². The number of carbonyl (C=O) groups is 1. The van der Waals surface area contributed by atoms with Crippen LogP contribution in [0.1, 0.15) is 28.6 Å². The van der Waals surface area contributed by atoms with Crippen LogP contribution in [0.2, 0.25) is 0 Å². The fourth-order valence-electron chi connectivity index (χ4n) is 4.48. The lowest BCUT2D eigenvalue weighted by Crippen LogP contribution is -2.51. The van der Waals surface area contributed by atoms with Crippen LogP contribution in [-0.4, -0.2) is 63.5 Å². The number of halogens is 1. The number of piperazine rings is 1. The zero-order chi connectivity index (χ0) is 23.3. The molecule has 0 unspecified atom stereocenters. The summed E-state index contributed by atoms with van der Waals surface area (Å²) >= 11 is 0. The van der Waals surface area contributed by atoms with Crippen LogP contribution in [0.25, 0.3) is 0 Å². The number of carbonyl (C=O) groups excluding carboxylic acids is 1. The Morgan fingerprint density at radius 2 is 1.91 bits per heavy atom. The number of urea groups is 1. The highest BCUT2D eigenvalue weighted by Gasteiger charge is 2.27. The molecule has 9 heteroatoms. The van der Waals surface area contributed by atoms with E-state index >= 15 is 0 Å². The molecular weight excluding hydrogens is 435 g/mol. The lowest BCUT2D eigenvalue weighted by Gasteiger charge is -2.34. The fraction of sp³-hybridized carbons (Fsp3) is 0.400. The number of nitrogens with one attached hydrogen (secondary N) is 1. The van der Waals surface area contributed by atoms with E-state index < -0.39 is 0 Å². The summed E-state index contributed by atoms with van der Waals surface area (Å²) < 4.78 is 21.4. The molecule has 0 bridgehead atoms. The predicted octanol–water partition coefficient (Wildman–Crippen LogP) is 2.76. The molecule has 1 fully saturated rings. The Kier molecular flexibility index (Phi) is 6.82. The Hall–Kier alpha value is -3.30. The number of benzene rings is 2. The van der Waals surface area contributed by atoms with Gasteiger partial charge in [0.2, 0.25) is 0 Å². The minimum absolute atomic E-state index is 0.00610. The second-order valence-electron chi connectivity index (χ2n) is 8.75. The maximum atomic E-state index is 13.6. The lowest BCUT2D eigenvalue weighted by atomic mass is 10.1. The molecule has 2 aliphatic heterocycles. The van der Waals surface area contributed by atoms with Crippen molar-refractivity contribution in [2.75, 3.05) is 32.7 Å². The van der Waals surface area contributed by atoms with Crippen molar-refractivity contribution < 1.29 is 13.9 Å². The fourth-order valence-corrected chi connectivity index (χ4v) is 4.48. The second kappa shape index (κ2) is 10.3.